The number of imidazole rings is 1. The van der Waals surface area contributed by atoms with Crippen LogP contribution in [0.3, 0.4) is 0 Å². The first kappa shape index (κ1) is 11.2. The fourth-order valence-corrected chi connectivity index (χ4v) is 3.67. The zero-order chi connectivity index (χ0) is 13.0. The van der Waals surface area contributed by atoms with Crippen LogP contribution in [0.5, 0.6) is 0 Å². The van der Waals surface area contributed by atoms with Crippen LogP contribution in [0, 0.1) is 11.7 Å². The summed E-state index contributed by atoms with van der Waals surface area (Å²) in [6, 6.07) is 5.04. The third-order valence-corrected chi connectivity index (χ3v) is 4.51. The largest absolute Gasteiger partial charge is 0.393 e. The van der Waals surface area contributed by atoms with E-state index in [1.54, 1.807) is 18.6 Å². The van der Waals surface area contributed by atoms with E-state index in [1.807, 2.05) is 6.07 Å². The number of aliphatic hydroxyl groups is 1. The van der Waals surface area contributed by atoms with Crippen molar-refractivity contribution in [3.63, 3.8) is 0 Å². The minimum atomic E-state index is -0.267. The summed E-state index contributed by atoms with van der Waals surface area (Å²) in [7, 11) is 0. The lowest BCUT2D eigenvalue weighted by molar-refractivity contribution is 0.112. The molecule has 1 aromatic carbocycles. The molecule has 1 aromatic heterocycles. The molecule has 1 aliphatic carbocycles. The second kappa shape index (κ2) is 3.90. The van der Waals surface area contributed by atoms with Crippen molar-refractivity contribution in [2.75, 3.05) is 0 Å². The van der Waals surface area contributed by atoms with Gasteiger partial charge in [-0.2, -0.15) is 0 Å². The van der Waals surface area contributed by atoms with E-state index >= 15 is 0 Å². The van der Waals surface area contributed by atoms with Crippen LogP contribution >= 0.6 is 0 Å². The van der Waals surface area contributed by atoms with Gasteiger partial charge in [0, 0.05) is 11.5 Å². The van der Waals surface area contributed by atoms with Crippen molar-refractivity contribution < 1.29 is 9.50 Å². The fraction of sp³-hybridized carbons (Fsp3) is 0.400. The van der Waals surface area contributed by atoms with Gasteiger partial charge in [-0.15, -0.1) is 0 Å². The van der Waals surface area contributed by atoms with Crippen LogP contribution in [0.1, 0.15) is 30.9 Å². The van der Waals surface area contributed by atoms with Crippen molar-refractivity contribution in [1.29, 1.82) is 0 Å². The molecule has 1 aliphatic heterocycles. The van der Waals surface area contributed by atoms with Crippen molar-refractivity contribution in [2.45, 2.75) is 31.4 Å². The van der Waals surface area contributed by atoms with Gasteiger partial charge < -0.3 is 9.67 Å². The lowest BCUT2D eigenvalue weighted by Gasteiger charge is -2.24. The third-order valence-electron chi connectivity index (χ3n) is 4.51. The Morgan fingerprint density at radius 2 is 2.21 bits per heavy atom. The smallest absolute Gasteiger partial charge is 0.123 e. The van der Waals surface area contributed by atoms with Crippen LogP contribution in [-0.2, 0) is 0 Å². The highest BCUT2D eigenvalue weighted by molar-refractivity contribution is 5.69. The lowest BCUT2D eigenvalue weighted by Crippen LogP contribution is -2.24. The lowest BCUT2D eigenvalue weighted by atomic mass is 9.90. The van der Waals surface area contributed by atoms with E-state index in [1.165, 1.54) is 6.07 Å². The second-order valence-electron chi connectivity index (χ2n) is 5.52. The fourth-order valence-electron chi connectivity index (χ4n) is 3.67. The van der Waals surface area contributed by atoms with E-state index in [4.69, 9.17) is 0 Å². The first-order valence-corrected chi connectivity index (χ1v) is 6.75. The molecular weight excluding hydrogens is 243 g/mol. The summed E-state index contributed by atoms with van der Waals surface area (Å²) < 4.78 is 15.6. The standard InChI is InChI=1S/C15H15FN2O/c16-9-4-5-10-12(6-9)13-7-17-8-18(13)15(10)11-2-1-3-14(11)19/h4-8,11,14-15,19H,1-3H2. The van der Waals surface area contributed by atoms with E-state index in [2.05, 4.69) is 9.55 Å². The molecule has 0 bridgehead atoms. The van der Waals surface area contributed by atoms with E-state index in [0.717, 1.165) is 36.1 Å². The molecule has 98 valence electrons. The van der Waals surface area contributed by atoms with Crippen LogP contribution < -0.4 is 0 Å². The molecule has 2 aromatic rings. The van der Waals surface area contributed by atoms with Crippen LogP contribution in [0.2, 0.25) is 0 Å². The highest BCUT2D eigenvalue weighted by Gasteiger charge is 2.39. The van der Waals surface area contributed by atoms with E-state index in [0.29, 0.717) is 0 Å². The second-order valence-corrected chi connectivity index (χ2v) is 5.52. The summed E-state index contributed by atoms with van der Waals surface area (Å²) in [6.45, 7) is 0. The van der Waals surface area contributed by atoms with Gasteiger partial charge in [0.05, 0.1) is 30.4 Å². The number of halogens is 1. The van der Waals surface area contributed by atoms with Crippen LogP contribution in [-0.4, -0.2) is 20.8 Å². The van der Waals surface area contributed by atoms with Crippen LogP contribution in [0.25, 0.3) is 11.3 Å². The highest BCUT2D eigenvalue weighted by Crippen LogP contribution is 2.47. The first-order chi connectivity index (χ1) is 9.25. The van der Waals surface area contributed by atoms with E-state index in [9.17, 15) is 9.50 Å². The topological polar surface area (TPSA) is 38.1 Å². The maximum Gasteiger partial charge on any atom is 0.123 e. The Kier molecular flexibility index (Phi) is 2.30. The van der Waals surface area contributed by atoms with Crippen molar-refractivity contribution >= 4 is 0 Å². The van der Waals surface area contributed by atoms with Gasteiger partial charge in [-0.3, -0.25) is 0 Å². The molecule has 4 rings (SSSR count). The normalized spacial score (nSPS) is 28.4. The van der Waals surface area contributed by atoms with Crippen LogP contribution in [0.15, 0.2) is 30.7 Å². The monoisotopic (exact) mass is 258 g/mol. The first-order valence-electron chi connectivity index (χ1n) is 6.75. The van der Waals surface area contributed by atoms with Gasteiger partial charge in [0.2, 0.25) is 0 Å². The van der Waals surface area contributed by atoms with Crippen molar-refractivity contribution in [3.05, 3.63) is 42.1 Å². The number of hydrogen-bond acceptors (Lipinski definition) is 2. The summed E-state index contributed by atoms with van der Waals surface area (Å²) in [5, 5.41) is 10.2. The quantitative estimate of drug-likeness (QED) is 0.854. The molecule has 3 atom stereocenters. The molecule has 2 heterocycles. The Morgan fingerprint density at radius 3 is 3.00 bits per heavy atom. The van der Waals surface area contributed by atoms with Crippen LogP contribution in [0.4, 0.5) is 4.39 Å². The summed E-state index contributed by atoms with van der Waals surface area (Å²) in [5.74, 6) is -0.0150. The van der Waals surface area contributed by atoms with E-state index in [-0.39, 0.29) is 23.9 Å². The van der Waals surface area contributed by atoms with Gasteiger partial charge in [-0.05, 0) is 30.5 Å². The molecule has 1 N–H and O–H groups in total. The maximum absolute atomic E-state index is 13.5. The Labute approximate surface area is 110 Å². The van der Waals surface area contributed by atoms with Crippen molar-refractivity contribution in [3.8, 4) is 11.3 Å². The SMILES string of the molecule is OC1CCCC1C1c2ccc(F)cc2-c2cncn21. The van der Waals surface area contributed by atoms with Gasteiger partial charge in [0.15, 0.2) is 0 Å². The zero-order valence-corrected chi connectivity index (χ0v) is 10.5. The molecule has 3 nitrogen and oxygen atoms in total. The Bertz CT molecular complexity index is 637. The molecule has 0 spiro atoms. The van der Waals surface area contributed by atoms with Gasteiger partial charge in [0.1, 0.15) is 5.82 Å². The third kappa shape index (κ3) is 1.49. The van der Waals surface area contributed by atoms with Gasteiger partial charge >= 0.3 is 0 Å². The average Bonchev–Trinajstić information content (AvgIpc) is 3.05. The molecular formula is C15H15FN2O. The highest BCUT2D eigenvalue weighted by atomic mass is 19.1. The molecule has 0 radical (unpaired) electrons. The maximum atomic E-state index is 13.5. The number of aliphatic hydroxyl groups excluding tert-OH is 1. The number of nitrogens with zero attached hydrogens (tertiary/aromatic N) is 2. The number of rotatable bonds is 1. The molecule has 0 amide bonds. The number of fused-ring (bicyclic) bond motifs is 3. The minimum Gasteiger partial charge on any atom is -0.393 e. The molecule has 1 saturated carbocycles. The molecule has 4 heteroatoms. The molecule has 2 aliphatic rings. The predicted molar refractivity (Wildman–Crippen MR) is 69.1 cm³/mol. The van der Waals surface area contributed by atoms with Gasteiger partial charge in [0.25, 0.3) is 0 Å². The Hall–Kier alpha value is -1.68. The summed E-state index contributed by atoms with van der Waals surface area (Å²) in [5.41, 5.74) is 2.99. The van der Waals surface area contributed by atoms with Crippen molar-refractivity contribution in [1.82, 2.24) is 9.55 Å². The average molecular weight is 258 g/mol. The van der Waals surface area contributed by atoms with E-state index < -0.39 is 0 Å². The molecule has 1 fully saturated rings. The van der Waals surface area contributed by atoms with Crippen molar-refractivity contribution in [2.24, 2.45) is 5.92 Å². The number of aromatic nitrogens is 2. The summed E-state index contributed by atoms with van der Waals surface area (Å²) in [4.78, 5) is 4.18. The minimum absolute atomic E-state index is 0.102. The molecule has 3 unspecified atom stereocenters. The molecule has 19 heavy (non-hydrogen) atoms. The zero-order valence-electron chi connectivity index (χ0n) is 10.5. The Morgan fingerprint density at radius 1 is 1.32 bits per heavy atom. The van der Waals surface area contributed by atoms with Gasteiger partial charge in [-0.25, -0.2) is 9.37 Å². The Balaban J connectivity index is 1.89. The number of hydrogen-bond donors (Lipinski definition) is 1. The number of benzene rings is 1. The van der Waals surface area contributed by atoms with Gasteiger partial charge in [-0.1, -0.05) is 12.5 Å². The molecule has 0 saturated heterocycles. The predicted octanol–water partition coefficient (Wildman–Crippen LogP) is 2.75. The summed E-state index contributed by atoms with van der Waals surface area (Å²) >= 11 is 0. The summed E-state index contributed by atoms with van der Waals surface area (Å²) in [6.07, 6.45) is 6.24.